The van der Waals surface area contributed by atoms with Crippen molar-refractivity contribution in [1.29, 1.82) is 0 Å². The molecule has 0 aliphatic carbocycles. The summed E-state index contributed by atoms with van der Waals surface area (Å²) >= 11 is 4.49. The third-order valence-corrected chi connectivity index (χ3v) is 3.51. The Kier molecular flexibility index (Phi) is 3.92. The van der Waals surface area contributed by atoms with Crippen molar-refractivity contribution in [3.63, 3.8) is 0 Å². The third kappa shape index (κ3) is 3.89. The standard InChI is InChI=1S/C7H8N2O6S3/c8-7(16)9-4-1-5(17(10,11)12)3-6(2-4)18(13,14)15/h1-3H,(H3,8,9,16)(H,10,11,12)(H,13,14,15). The van der Waals surface area contributed by atoms with Crippen LogP contribution in [0.3, 0.4) is 0 Å². The molecule has 5 N–H and O–H groups in total. The van der Waals surface area contributed by atoms with Crippen LogP contribution in [0.2, 0.25) is 0 Å². The fraction of sp³-hybridized carbons (Fsp3) is 0. The van der Waals surface area contributed by atoms with Gasteiger partial charge < -0.3 is 11.1 Å². The van der Waals surface area contributed by atoms with Gasteiger partial charge in [-0.1, -0.05) is 0 Å². The minimum Gasteiger partial charge on any atom is -0.376 e. The Morgan fingerprint density at radius 1 is 1.06 bits per heavy atom. The largest absolute Gasteiger partial charge is 0.376 e. The lowest BCUT2D eigenvalue weighted by Crippen LogP contribution is -2.19. The van der Waals surface area contributed by atoms with Crippen molar-refractivity contribution in [2.24, 2.45) is 5.73 Å². The average molecular weight is 312 g/mol. The second-order valence-electron chi connectivity index (χ2n) is 3.13. The molecule has 8 nitrogen and oxygen atoms in total. The number of nitrogens with two attached hydrogens (primary N) is 1. The van der Waals surface area contributed by atoms with Crippen LogP contribution in [-0.4, -0.2) is 31.1 Å². The van der Waals surface area contributed by atoms with Crippen LogP contribution in [0.4, 0.5) is 5.69 Å². The van der Waals surface area contributed by atoms with Crippen molar-refractivity contribution < 1.29 is 25.9 Å². The first kappa shape index (κ1) is 14.8. The Bertz CT molecular complexity index is 644. The average Bonchev–Trinajstić information content (AvgIpc) is 2.13. The van der Waals surface area contributed by atoms with Crippen molar-refractivity contribution in [2.75, 3.05) is 5.32 Å². The highest BCUT2D eigenvalue weighted by Gasteiger charge is 2.18. The molecule has 1 aromatic rings. The molecule has 0 amide bonds. The first-order valence-electron chi connectivity index (χ1n) is 4.16. The number of nitrogens with one attached hydrogen (secondary N) is 1. The summed E-state index contributed by atoms with van der Waals surface area (Å²) in [4.78, 5) is -1.45. The lowest BCUT2D eigenvalue weighted by molar-refractivity contribution is 0.481. The molecule has 0 aliphatic heterocycles. The van der Waals surface area contributed by atoms with Crippen molar-refractivity contribution in [1.82, 2.24) is 0 Å². The zero-order valence-corrected chi connectivity index (χ0v) is 11.0. The quantitative estimate of drug-likeness (QED) is 0.441. The van der Waals surface area contributed by atoms with Crippen LogP contribution in [0.1, 0.15) is 0 Å². The van der Waals surface area contributed by atoms with Crippen LogP contribution < -0.4 is 11.1 Å². The Hall–Kier alpha value is -1.27. The molecule has 0 spiro atoms. The summed E-state index contributed by atoms with van der Waals surface area (Å²) in [6.07, 6.45) is 0. The third-order valence-electron chi connectivity index (χ3n) is 1.74. The predicted octanol–water partition coefficient (Wildman–Crippen LogP) is -0.164. The highest BCUT2D eigenvalue weighted by atomic mass is 32.2. The number of thiocarbonyl (C=S) groups is 1. The molecule has 0 saturated carbocycles. The van der Waals surface area contributed by atoms with Gasteiger partial charge in [-0.15, -0.1) is 0 Å². The number of anilines is 1. The van der Waals surface area contributed by atoms with Crippen LogP contribution in [-0.2, 0) is 20.2 Å². The molecular weight excluding hydrogens is 304 g/mol. The van der Waals surface area contributed by atoms with Crippen molar-refractivity contribution in [3.8, 4) is 0 Å². The van der Waals surface area contributed by atoms with Crippen LogP contribution in [0.5, 0.6) is 0 Å². The molecule has 18 heavy (non-hydrogen) atoms. The van der Waals surface area contributed by atoms with E-state index in [0.717, 1.165) is 12.1 Å². The van der Waals surface area contributed by atoms with E-state index >= 15 is 0 Å². The van der Waals surface area contributed by atoms with E-state index in [1.807, 2.05) is 0 Å². The predicted molar refractivity (Wildman–Crippen MR) is 66.5 cm³/mol. The summed E-state index contributed by atoms with van der Waals surface area (Å²) in [7, 11) is -9.29. The summed E-state index contributed by atoms with van der Waals surface area (Å²) in [5.41, 5.74) is 5.03. The van der Waals surface area contributed by atoms with Gasteiger partial charge in [0.05, 0.1) is 9.79 Å². The summed E-state index contributed by atoms with van der Waals surface area (Å²) in [5.74, 6) is 0. The van der Waals surface area contributed by atoms with Crippen LogP contribution in [0.25, 0.3) is 0 Å². The van der Waals surface area contributed by atoms with E-state index in [1.165, 1.54) is 0 Å². The molecule has 0 aliphatic rings. The molecule has 0 saturated heterocycles. The second-order valence-corrected chi connectivity index (χ2v) is 6.42. The molecule has 0 fully saturated rings. The molecular formula is C7H8N2O6S3. The highest BCUT2D eigenvalue weighted by molar-refractivity contribution is 7.86. The van der Waals surface area contributed by atoms with Crippen LogP contribution in [0.15, 0.2) is 28.0 Å². The maximum absolute atomic E-state index is 10.9. The van der Waals surface area contributed by atoms with Gasteiger partial charge >= 0.3 is 0 Å². The van der Waals surface area contributed by atoms with E-state index in [-0.39, 0.29) is 10.8 Å². The van der Waals surface area contributed by atoms with Crippen molar-refractivity contribution >= 4 is 43.3 Å². The number of hydrogen-bond donors (Lipinski definition) is 4. The van der Waals surface area contributed by atoms with Crippen LogP contribution in [0, 0.1) is 0 Å². The van der Waals surface area contributed by atoms with E-state index in [4.69, 9.17) is 14.8 Å². The normalized spacial score (nSPS) is 12.1. The van der Waals surface area contributed by atoms with Crippen LogP contribution >= 0.6 is 12.2 Å². The summed E-state index contributed by atoms with van der Waals surface area (Å²) < 4.78 is 61.4. The number of rotatable bonds is 3. The second kappa shape index (κ2) is 4.78. The monoisotopic (exact) mass is 312 g/mol. The first-order valence-corrected chi connectivity index (χ1v) is 7.45. The fourth-order valence-electron chi connectivity index (χ4n) is 1.08. The van der Waals surface area contributed by atoms with Gasteiger partial charge in [-0.05, 0) is 30.4 Å². The van der Waals surface area contributed by atoms with Gasteiger partial charge in [0.25, 0.3) is 20.2 Å². The molecule has 0 unspecified atom stereocenters. The summed E-state index contributed by atoms with van der Waals surface area (Å²) in [5, 5.41) is 2.04. The van der Waals surface area contributed by atoms with Gasteiger partial charge in [-0.2, -0.15) is 16.8 Å². The molecule has 0 heterocycles. The van der Waals surface area contributed by atoms with Gasteiger partial charge in [0.2, 0.25) is 0 Å². The topological polar surface area (TPSA) is 147 Å². The van der Waals surface area contributed by atoms with E-state index in [9.17, 15) is 16.8 Å². The van der Waals surface area contributed by atoms with E-state index in [1.54, 1.807) is 0 Å². The lowest BCUT2D eigenvalue weighted by Gasteiger charge is -2.07. The summed E-state index contributed by atoms with van der Waals surface area (Å²) in [6.45, 7) is 0. The SMILES string of the molecule is NC(=S)Nc1cc(S(=O)(=O)O)cc(S(=O)(=O)O)c1. The van der Waals surface area contributed by atoms with E-state index in [2.05, 4.69) is 17.5 Å². The van der Waals surface area contributed by atoms with Gasteiger partial charge in [0, 0.05) is 5.69 Å². The zero-order chi connectivity index (χ0) is 14.1. The molecule has 100 valence electrons. The Morgan fingerprint density at radius 3 is 1.72 bits per heavy atom. The summed E-state index contributed by atoms with van der Waals surface area (Å²) in [6, 6.07) is 2.40. The minimum absolute atomic E-state index is 0.106. The Morgan fingerprint density at radius 2 is 1.44 bits per heavy atom. The van der Waals surface area contributed by atoms with Crippen molar-refractivity contribution in [3.05, 3.63) is 18.2 Å². The van der Waals surface area contributed by atoms with Gasteiger partial charge in [0.1, 0.15) is 0 Å². The molecule has 1 rings (SSSR count). The molecule has 1 aromatic carbocycles. The highest BCUT2D eigenvalue weighted by Crippen LogP contribution is 2.22. The molecule has 0 bridgehead atoms. The van der Waals surface area contributed by atoms with E-state index in [0.29, 0.717) is 6.07 Å². The van der Waals surface area contributed by atoms with E-state index < -0.39 is 30.0 Å². The maximum Gasteiger partial charge on any atom is 0.294 e. The van der Waals surface area contributed by atoms with Gasteiger partial charge in [0.15, 0.2) is 5.11 Å². The number of benzene rings is 1. The molecule has 0 atom stereocenters. The Balaban J connectivity index is 3.53. The smallest absolute Gasteiger partial charge is 0.294 e. The maximum atomic E-state index is 10.9. The van der Waals surface area contributed by atoms with Gasteiger partial charge in [-0.25, -0.2) is 0 Å². The minimum atomic E-state index is -4.64. The first-order chi connectivity index (χ1) is 8.00. The Labute approximate surface area is 108 Å². The number of hydrogen-bond acceptors (Lipinski definition) is 5. The fourth-order valence-corrected chi connectivity index (χ4v) is 2.38. The van der Waals surface area contributed by atoms with Crippen molar-refractivity contribution in [2.45, 2.75) is 9.79 Å². The molecule has 11 heteroatoms. The zero-order valence-electron chi connectivity index (χ0n) is 8.56. The lowest BCUT2D eigenvalue weighted by atomic mass is 10.3. The molecule has 0 aromatic heterocycles. The molecule has 0 radical (unpaired) electrons. The van der Waals surface area contributed by atoms with Gasteiger partial charge in [-0.3, -0.25) is 9.11 Å².